The summed E-state index contributed by atoms with van der Waals surface area (Å²) in [5.41, 5.74) is 8.17. The maximum Gasteiger partial charge on any atom is 0.137 e. The van der Waals surface area contributed by atoms with Crippen molar-refractivity contribution in [3.8, 4) is 22.5 Å². The minimum absolute atomic E-state index is 0.202. The van der Waals surface area contributed by atoms with E-state index >= 15 is 0 Å². The Morgan fingerprint density at radius 3 is 1.37 bits per heavy atom. The van der Waals surface area contributed by atoms with Crippen molar-refractivity contribution in [2.75, 3.05) is 26.2 Å². The van der Waals surface area contributed by atoms with Crippen LogP contribution in [0.2, 0.25) is 0 Å². The number of hydrogen-bond acceptors (Lipinski definition) is 4. The maximum atomic E-state index is 13.4. The normalized spacial score (nSPS) is 19.6. The number of H-pyrrole nitrogens is 2. The predicted molar refractivity (Wildman–Crippen MR) is 150 cm³/mol. The lowest BCUT2D eigenvalue weighted by atomic mass is 10.1. The molecule has 3 aromatic carbocycles. The molecule has 7 rings (SSSR count). The van der Waals surface area contributed by atoms with Gasteiger partial charge in [0.25, 0.3) is 0 Å². The summed E-state index contributed by atoms with van der Waals surface area (Å²) in [5, 5.41) is 8.37. The van der Waals surface area contributed by atoms with E-state index in [1.165, 1.54) is 0 Å². The molecule has 0 radical (unpaired) electrons. The van der Waals surface area contributed by atoms with E-state index in [1.54, 1.807) is 0 Å². The number of aromatic nitrogens is 2. The summed E-state index contributed by atoms with van der Waals surface area (Å²) >= 11 is 0. The molecule has 0 fully saturated rings. The molecule has 0 spiro atoms. The quantitative estimate of drug-likeness (QED) is 0.264. The van der Waals surface area contributed by atoms with Crippen molar-refractivity contribution >= 4 is 33.5 Å². The van der Waals surface area contributed by atoms with E-state index < -0.39 is 12.3 Å². The Labute approximate surface area is 217 Å². The Balaban J connectivity index is 1.14. The molecular formula is C30H26F2N6. The number of hydrogen-bond donors (Lipinski definition) is 4. The molecule has 0 aliphatic carbocycles. The number of aliphatic imine (C=N–C) groups is 2. The average Bonchev–Trinajstić information content (AvgIpc) is 3.58. The Bertz CT molecular complexity index is 1590. The molecule has 0 saturated heterocycles. The van der Waals surface area contributed by atoms with Crippen molar-refractivity contribution in [1.29, 1.82) is 0 Å². The highest BCUT2D eigenvalue weighted by molar-refractivity contribution is 6.03. The Hall–Kier alpha value is -4.46. The standard InChI is InChI=1S/C30H26F2N6/c31-23-13-33-29(34-14-23)21-7-5-19-9-25(37-27(19)11-21)17-1-2-18(4-3-17)26-10-20-6-8-22(12-28(20)38-26)30-35-15-24(32)16-36-30/h1-12,23-24,37-38H,13-16H2,(H,33,34)(H,35,36). The molecule has 8 heteroatoms. The van der Waals surface area contributed by atoms with Crippen LogP contribution in [0.3, 0.4) is 0 Å². The van der Waals surface area contributed by atoms with Crippen molar-refractivity contribution in [2.24, 2.45) is 9.98 Å². The van der Waals surface area contributed by atoms with Gasteiger partial charge in [0.1, 0.15) is 24.0 Å². The molecule has 0 amide bonds. The number of nitrogens with zero attached hydrogens (tertiary/aromatic N) is 2. The number of halogens is 2. The van der Waals surface area contributed by atoms with E-state index in [4.69, 9.17) is 0 Å². The topological polar surface area (TPSA) is 80.4 Å². The third kappa shape index (κ3) is 4.22. The van der Waals surface area contributed by atoms with Crippen molar-refractivity contribution in [3.63, 3.8) is 0 Å². The van der Waals surface area contributed by atoms with Crippen LogP contribution in [0.1, 0.15) is 11.1 Å². The molecule has 6 nitrogen and oxygen atoms in total. The second kappa shape index (κ2) is 9.13. The van der Waals surface area contributed by atoms with Gasteiger partial charge in [-0.05, 0) is 35.4 Å². The summed E-state index contributed by atoms with van der Waals surface area (Å²) in [5.74, 6) is 1.48. The number of amidine groups is 2. The van der Waals surface area contributed by atoms with Gasteiger partial charge in [-0.25, -0.2) is 8.78 Å². The number of alkyl halides is 2. The number of nitrogens with one attached hydrogen (secondary N) is 4. The highest BCUT2D eigenvalue weighted by Gasteiger charge is 2.17. The summed E-state index contributed by atoms with van der Waals surface area (Å²) in [6, 6.07) is 25.0. The van der Waals surface area contributed by atoms with Crippen molar-refractivity contribution in [1.82, 2.24) is 20.6 Å². The van der Waals surface area contributed by atoms with Gasteiger partial charge in [-0.3, -0.25) is 9.98 Å². The predicted octanol–water partition coefficient (Wildman–Crippen LogP) is 5.36. The van der Waals surface area contributed by atoms with Crippen LogP contribution < -0.4 is 10.6 Å². The Morgan fingerprint density at radius 2 is 0.974 bits per heavy atom. The van der Waals surface area contributed by atoms with Gasteiger partial charge < -0.3 is 20.6 Å². The van der Waals surface area contributed by atoms with Crippen molar-refractivity contribution < 1.29 is 8.78 Å². The van der Waals surface area contributed by atoms with Crippen LogP contribution >= 0.6 is 0 Å². The molecule has 4 N–H and O–H groups in total. The Kier molecular flexibility index (Phi) is 5.46. The molecule has 2 aliphatic heterocycles. The van der Waals surface area contributed by atoms with E-state index in [0.717, 1.165) is 67.1 Å². The van der Waals surface area contributed by atoms with Gasteiger partial charge in [0.2, 0.25) is 0 Å². The lowest BCUT2D eigenvalue weighted by molar-refractivity contribution is 0.332. The third-order valence-electron chi connectivity index (χ3n) is 7.18. The van der Waals surface area contributed by atoms with Gasteiger partial charge in [0.05, 0.1) is 13.1 Å². The summed E-state index contributed by atoms with van der Waals surface area (Å²) in [7, 11) is 0. The highest BCUT2D eigenvalue weighted by atomic mass is 19.1. The first-order chi connectivity index (χ1) is 18.6. The summed E-state index contributed by atoms with van der Waals surface area (Å²) in [6.07, 6.45) is -1.85. The van der Waals surface area contributed by atoms with Crippen LogP contribution in [-0.4, -0.2) is 60.2 Å². The number of rotatable bonds is 4. The first-order valence-electron chi connectivity index (χ1n) is 12.8. The van der Waals surface area contributed by atoms with E-state index in [2.05, 4.69) is 91.3 Å². The fourth-order valence-corrected chi connectivity index (χ4v) is 5.11. The van der Waals surface area contributed by atoms with E-state index in [1.807, 2.05) is 12.1 Å². The van der Waals surface area contributed by atoms with Gasteiger partial charge in [-0.1, -0.05) is 48.5 Å². The summed E-state index contributed by atoms with van der Waals surface area (Å²) in [4.78, 5) is 15.7. The zero-order valence-electron chi connectivity index (χ0n) is 20.6. The lowest BCUT2D eigenvalue weighted by Gasteiger charge is -2.17. The molecule has 38 heavy (non-hydrogen) atoms. The molecular weight excluding hydrogens is 482 g/mol. The van der Waals surface area contributed by atoms with Gasteiger partial charge in [-0.15, -0.1) is 0 Å². The van der Waals surface area contributed by atoms with Crippen molar-refractivity contribution in [2.45, 2.75) is 12.3 Å². The molecule has 190 valence electrons. The molecule has 2 aromatic heterocycles. The van der Waals surface area contributed by atoms with Gasteiger partial charge in [-0.2, -0.15) is 0 Å². The molecule has 0 bridgehead atoms. The van der Waals surface area contributed by atoms with Crippen LogP contribution in [0.4, 0.5) is 8.78 Å². The largest absolute Gasteiger partial charge is 0.367 e. The van der Waals surface area contributed by atoms with Crippen LogP contribution in [0.5, 0.6) is 0 Å². The highest BCUT2D eigenvalue weighted by Crippen LogP contribution is 2.29. The van der Waals surface area contributed by atoms with E-state index in [0.29, 0.717) is 13.1 Å². The van der Waals surface area contributed by atoms with Crippen LogP contribution in [0, 0.1) is 0 Å². The summed E-state index contributed by atoms with van der Waals surface area (Å²) < 4.78 is 26.8. The molecule has 2 atom stereocenters. The van der Waals surface area contributed by atoms with E-state index in [9.17, 15) is 8.78 Å². The first-order valence-corrected chi connectivity index (χ1v) is 12.8. The van der Waals surface area contributed by atoms with Gasteiger partial charge >= 0.3 is 0 Å². The number of fused-ring (bicyclic) bond motifs is 2. The minimum Gasteiger partial charge on any atom is -0.367 e. The first kappa shape index (κ1) is 22.7. The minimum atomic E-state index is -0.926. The molecule has 2 aliphatic rings. The second-order valence-corrected chi connectivity index (χ2v) is 9.88. The molecule has 4 heterocycles. The lowest BCUT2D eigenvalue weighted by Crippen LogP contribution is -2.37. The number of benzene rings is 3. The molecule has 2 unspecified atom stereocenters. The van der Waals surface area contributed by atoms with E-state index in [-0.39, 0.29) is 13.1 Å². The smallest absolute Gasteiger partial charge is 0.137 e. The average molecular weight is 509 g/mol. The molecule has 0 saturated carbocycles. The Morgan fingerprint density at radius 1 is 0.553 bits per heavy atom. The summed E-state index contributed by atoms with van der Waals surface area (Å²) in [6.45, 7) is 0.995. The van der Waals surface area contributed by atoms with Crippen LogP contribution in [0.25, 0.3) is 44.3 Å². The maximum absolute atomic E-state index is 13.4. The molecule has 5 aromatic rings. The number of aromatic amines is 2. The SMILES string of the molecule is FC1CN=C(c2ccc3cc(-c4ccc(-c5cc6ccc(C7=NCC(F)CN7)cc6[nH]5)cc4)[nH]c3c2)NC1. The van der Waals surface area contributed by atoms with Crippen LogP contribution in [0.15, 0.2) is 82.8 Å². The van der Waals surface area contributed by atoms with Crippen LogP contribution in [-0.2, 0) is 0 Å². The third-order valence-corrected chi connectivity index (χ3v) is 7.18. The second-order valence-electron chi connectivity index (χ2n) is 9.88. The van der Waals surface area contributed by atoms with Gasteiger partial charge in [0, 0.05) is 57.4 Å². The zero-order chi connectivity index (χ0) is 25.6. The fourth-order valence-electron chi connectivity index (χ4n) is 5.11. The van der Waals surface area contributed by atoms with Crippen molar-refractivity contribution in [3.05, 3.63) is 83.9 Å². The van der Waals surface area contributed by atoms with Gasteiger partial charge in [0.15, 0.2) is 0 Å². The monoisotopic (exact) mass is 508 g/mol. The fraction of sp³-hybridized carbons (Fsp3) is 0.200. The zero-order valence-corrected chi connectivity index (χ0v) is 20.6.